The molecule has 0 N–H and O–H groups in total. The summed E-state index contributed by atoms with van der Waals surface area (Å²) in [6, 6.07) is 76.5. The molecule has 5 heteroatoms. The molecule has 9 aromatic carbocycles. The predicted molar refractivity (Wildman–Crippen MR) is 258 cm³/mol. The molecular formula is C57H41N3OS. The fourth-order valence-electron chi connectivity index (χ4n) is 9.61. The molecule has 3 aliphatic rings. The van der Waals surface area contributed by atoms with Crippen LogP contribution in [0.5, 0.6) is 11.5 Å². The second-order valence-corrected chi connectivity index (χ2v) is 17.7. The van der Waals surface area contributed by atoms with Crippen LogP contribution >= 0.6 is 11.8 Å². The average Bonchev–Trinajstić information content (AvgIpc) is 3.55. The predicted octanol–water partition coefficient (Wildman–Crippen LogP) is 16.6. The average molecular weight is 816 g/mol. The summed E-state index contributed by atoms with van der Waals surface area (Å²) in [6.45, 7) is 4.70. The highest BCUT2D eigenvalue weighted by Crippen LogP contribution is 2.54. The van der Waals surface area contributed by atoms with E-state index >= 15 is 0 Å². The minimum Gasteiger partial charge on any atom is -0.453 e. The van der Waals surface area contributed by atoms with Crippen molar-refractivity contribution in [3.8, 4) is 33.8 Å². The lowest BCUT2D eigenvalue weighted by molar-refractivity contribution is 0.477. The smallest absolute Gasteiger partial charge is 0.152 e. The van der Waals surface area contributed by atoms with Crippen molar-refractivity contribution in [2.75, 3.05) is 14.7 Å². The minimum absolute atomic E-state index is 0.125. The number of benzene rings is 9. The zero-order valence-electron chi connectivity index (χ0n) is 34.4. The topological polar surface area (TPSA) is 19.0 Å². The van der Waals surface area contributed by atoms with E-state index in [1.165, 1.54) is 43.4 Å². The molecule has 0 atom stereocenters. The Kier molecular flexibility index (Phi) is 8.41. The summed E-state index contributed by atoms with van der Waals surface area (Å²) in [5.41, 5.74) is 17.4. The number of rotatable bonds is 6. The Balaban J connectivity index is 0.939. The third kappa shape index (κ3) is 5.84. The lowest BCUT2D eigenvalue weighted by atomic mass is 9.82. The summed E-state index contributed by atoms with van der Waals surface area (Å²) in [5.74, 6) is 1.67. The maximum absolute atomic E-state index is 6.58. The molecule has 0 saturated carbocycles. The van der Waals surface area contributed by atoms with E-state index in [1.54, 1.807) is 0 Å². The first kappa shape index (κ1) is 36.4. The van der Waals surface area contributed by atoms with Gasteiger partial charge in [0.05, 0.1) is 22.7 Å². The van der Waals surface area contributed by atoms with Crippen molar-refractivity contribution in [3.63, 3.8) is 0 Å². The van der Waals surface area contributed by atoms with Crippen LogP contribution in [0.25, 0.3) is 22.3 Å². The molecule has 0 spiro atoms. The van der Waals surface area contributed by atoms with E-state index in [0.29, 0.717) is 0 Å². The molecule has 0 amide bonds. The number of hydrogen-bond acceptors (Lipinski definition) is 5. The Bertz CT molecular complexity index is 3130. The van der Waals surface area contributed by atoms with Gasteiger partial charge < -0.3 is 19.4 Å². The van der Waals surface area contributed by atoms with Crippen LogP contribution in [0.15, 0.2) is 222 Å². The number of para-hydroxylation sites is 5. The van der Waals surface area contributed by atoms with Gasteiger partial charge in [-0.15, -0.1) is 0 Å². The summed E-state index contributed by atoms with van der Waals surface area (Å²) in [6.07, 6.45) is 0. The second-order valence-electron chi connectivity index (χ2n) is 16.6. The third-order valence-corrected chi connectivity index (χ3v) is 13.8. The number of hydrogen-bond donors (Lipinski definition) is 0. The molecule has 0 bridgehead atoms. The van der Waals surface area contributed by atoms with E-state index in [-0.39, 0.29) is 5.41 Å². The Morgan fingerprint density at radius 1 is 0.403 bits per heavy atom. The van der Waals surface area contributed by atoms with E-state index in [1.807, 2.05) is 23.9 Å². The molecule has 0 aromatic heterocycles. The van der Waals surface area contributed by atoms with Crippen molar-refractivity contribution in [1.29, 1.82) is 0 Å². The summed E-state index contributed by atoms with van der Waals surface area (Å²) >= 11 is 1.83. The molecule has 0 fully saturated rings. The Morgan fingerprint density at radius 2 is 0.935 bits per heavy atom. The molecule has 1 aliphatic carbocycles. The lowest BCUT2D eigenvalue weighted by Gasteiger charge is -2.33. The van der Waals surface area contributed by atoms with Crippen LogP contribution in [0.2, 0.25) is 0 Å². The molecule has 12 rings (SSSR count). The first-order valence-corrected chi connectivity index (χ1v) is 22.0. The van der Waals surface area contributed by atoms with E-state index in [4.69, 9.17) is 4.74 Å². The summed E-state index contributed by atoms with van der Waals surface area (Å²) in [4.78, 5) is 9.57. The molecule has 2 heterocycles. The van der Waals surface area contributed by atoms with Crippen LogP contribution < -0.4 is 19.4 Å². The van der Waals surface area contributed by atoms with E-state index in [0.717, 1.165) is 62.4 Å². The monoisotopic (exact) mass is 815 g/mol. The van der Waals surface area contributed by atoms with Crippen LogP contribution in [0.1, 0.15) is 25.0 Å². The van der Waals surface area contributed by atoms with Gasteiger partial charge in [-0.1, -0.05) is 129 Å². The van der Waals surface area contributed by atoms with Crippen molar-refractivity contribution in [2.24, 2.45) is 0 Å². The molecule has 62 heavy (non-hydrogen) atoms. The van der Waals surface area contributed by atoms with Gasteiger partial charge in [0.25, 0.3) is 0 Å². The molecule has 0 saturated heterocycles. The van der Waals surface area contributed by atoms with Crippen molar-refractivity contribution < 1.29 is 4.74 Å². The van der Waals surface area contributed by atoms with Gasteiger partial charge in [-0.25, -0.2) is 0 Å². The van der Waals surface area contributed by atoms with Crippen LogP contribution in [-0.4, -0.2) is 0 Å². The van der Waals surface area contributed by atoms with E-state index < -0.39 is 0 Å². The van der Waals surface area contributed by atoms with Gasteiger partial charge in [-0.05, 0) is 143 Å². The fraction of sp³-hybridized carbons (Fsp3) is 0.0526. The van der Waals surface area contributed by atoms with Gasteiger partial charge in [0.2, 0.25) is 0 Å². The normalized spacial score (nSPS) is 13.8. The largest absolute Gasteiger partial charge is 0.453 e. The fourth-order valence-corrected chi connectivity index (χ4v) is 10.7. The van der Waals surface area contributed by atoms with Gasteiger partial charge in [0, 0.05) is 43.6 Å². The molecule has 296 valence electrons. The Hall–Kier alpha value is -7.47. The van der Waals surface area contributed by atoms with Crippen molar-refractivity contribution in [2.45, 2.75) is 29.1 Å². The van der Waals surface area contributed by atoms with Gasteiger partial charge >= 0.3 is 0 Å². The van der Waals surface area contributed by atoms with Crippen molar-refractivity contribution >= 4 is 62.9 Å². The van der Waals surface area contributed by atoms with E-state index in [9.17, 15) is 0 Å². The zero-order chi connectivity index (χ0) is 41.4. The van der Waals surface area contributed by atoms with Crippen LogP contribution in [0.4, 0.5) is 51.2 Å². The van der Waals surface area contributed by atoms with Gasteiger partial charge in [-0.3, -0.25) is 0 Å². The van der Waals surface area contributed by atoms with E-state index in [2.05, 4.69) is 229 Å². The van der Waals surface area contributed by atoms with Crippen LogP contribution in [0, 0.1) is 0 Å². The Labute approximate surface area is 366 Å². The van der Waals surface area contributed by atoms with Crippen LogP contribution in [-0.2, 0) is 5.41 Å². The van der Waals surface area contributed by atoms with Crippen LogP contribution in [0.3, 0.4) is 0 Å². The maximum Gasteiger partial charge on any atom is 0.152 e. The summed E-state index contributed by atoms with van der Waals surface area (Å²) in [5, 5.41) is 0. The molecule has 4 nitrogen and oxygen atoms in total. The summed E-state index contributed by atoms with van der Waals surface area (Å²) < 4.78 is 6.58. The Morgan fingerprint density at radius 3 is 1.68 bits per heavy atom. The maximum atomic E-state index is 6.58. The first-order valence-electron chi connectivity index (χ1n) is 21.2. The number of nitrogens with zero attached hydrogens (tertiary/aromatic N) is 3. The molecule has 9 aromatic rings. The number of fused-ring (bicyclic) bond motifs is 7. The van der Waals surface area contributed by atoms with Gasteiger partial charge in [0.15, 0.2) is 11.5 Å². The van der Waals surface area contributed by atoms with Crippen molar-refractivity contribution in [3.05, 3.63) is 223 Å². The summed E-state index contributed by atoms with van der Waals surface area (Å²) in [7, 11) is 0. The van der Waals surface area contributed by atoms with Crippen molar-refractivity contribution in [1.82, 2.24) is 0 Å². The third-order valence-electron chi connectivity index (χ3n) is 12.6. The molecule has 2 aliphatic heterocycles. The highest BCUT2D eigenvalue weighted by atomic mass is 32.2. The quantitative estimate of drug-likeness (QED) is 0.166. The minimum atomic E-state index is -0.125. The lowest BCUT2D eigenvalue weighted by Crippen LogP contribution is -2.17. The first-order chi connectivity index (χ1) is 30.5. The second kappa shape index (κ2) is 14.3. The highest BCUT2D eigenvalue weighted by molar-refractivity contribution is 7.99. The SMILES string of the molecule is CC1(C)c2ccccc2-c2ccc(N(c3ccc(-c4ccc5c(c4)Oc4ccccc4N5c4ccccc4)cc3)c3ccc(N4c5ccccc5Sc5ccccc54)cc3)cc21. The number of ether oxygens (including phenoxy) is 1. The zero-order valence-corrected chi connectivity index (χ0v) is 35.2. The van der Waals surface area contributed by atoms with Gasteiger partial charge in [0.1, 0.15) is 0 Å². The van der Waals surface area contributed by atoms with Gasteiger partial charge in [-0.2, -0.15) is 0 Å². The molecular weight excluding hydrogens is 775 g/mol. The number of anilines is 9. The molecule has 0 radical (unpaired) electrons. The molecule has 0 unspecified atom stereocenters. The highest BCUT2D eigenvalue weighted by Gasteiger charge is 2.36. The standard InChI is InChI=1S/C57H41N3OS/c1-57(2)47-17-7-6-16-45(47)46-34-33-44(37-48(46)57)58(42-29-31-43(32-30-42)60-51-19-9-12-22-55(51)62-56-23-13-10-20-52(56)60)41-27-24-38(25-28-41)39-26-35-50-54(36-39)61-53-21-11-8-18-49(53)59(50)40-14-4-3-5-15-40/h3-37H,1-2H3.